The average molecular weight is 262 g/mol. The molecule has 0 atom stereocenters. The number of aromatic nitrogens is 1. The van der Waals surface area contributed by atoms with E-state index in [0.29, 0.717) is 0 Å². The van der Waals surface area contributed by atoms with Gasteiger partial charge in [0.1, 0.15) is 11.5 Å². The van der Waals surface area contributed by atoms with E-state index in [2.05, 4.69) is 10.3 Å². The lowest BCUT2D eigenvalue weighted by Gasteiger charge is -2.06. The number of rotatable bonds is 6. The molecule has 0 aliphatic carbocycles. The van der Waals surface area contributed by atoms with Gasteiger partial charge in [-0.3, -0.25) is 4.98 Å². The van der Waals surface area contributed by atoms with Crippen LogP contribution in [0.2, 0.25) is 0 Å². The van der Waals surface area contributed by atoms with E-state index in [1.807, 2.05) is 65.1 Å². The number of pyridine rings is 1. The molecule has 0 saturated heterocycles. The molecule has 1 N–H and O–H groups in total. The van der Waals surface area contributed by atoms with Crippen molar-refractivity contribution in [1.29, 1.82) is 0 Å². The van der Waals surface area contributed by atoms with E-state index in [-0.39, 0.29) is 0 Å². The quantitative estimate of drug-likeness (QED) is 0.626. The fraction of sp³-hybridized carbons (Fsp3) is 0.438. The van der Waals surface area contributed by atoms with Gasteiger partial charge in [0, 0.05) is 18.7 Å². The predicted molar refractivity (Wildman–Crippen MR) is 82.4 cm³/mol. The lowest BCUT2D eigenvalue weighted by Crippen LogP contribution is -2.11. The van der Waals surface area contributed by atoms with Gasteiger partial charge in [-0.1, -0.05) is 19.9 Å². The van der Waals surface area contributed by atoms with Gasteiger partial charge in [0.05, 0.1) is 6.20 Å². The number of hydrogen-bond donors (Lipinski definition) is 1. The Balaban J connectivity index is 0.00000154. The molecule has 1 heterocycles. The minimum atomic E-state index is 0.768. The molecule has 1 aromatic heterocycles. The zero-order valence-corrected chi connectivity index (χ0v) is 12.7. The Hall–Kier alpha value is -1.61. The highest BCUT2D eigenvalue weighted by Crippen LogP contribution is 2.13. The van der Waals surface area contributed by atoms with E-state index in [0.717, 1.165) is 30.2 Å². The number of likely N-dealkylation sites (N-methyl/N-ethyl adjacent to an activating group) is 1. The minimum Gasteiger partial charge on any atom is -0.456 e. The summed E-state index contributed by atoms with van der Waals surface area (Å²) < 4.78 is 5.66. The highest BCUT2D eigenvalue weighted by Gasteiger charge is 1.98. The van der Waals surface area contributed by atoms with Crippen LogP contribution in [-0.2, 0) is 6.42 Å². The summed E-state index contributed by atoms with van der Waals surface area (Å²) in [7, 11) is 1.94. The monoisotopic (exact) mass is 262 g/mol. The molecule has 3 heteroatoms. The van der Waals surface area contributed by atoms with Gasteiger partial charge in [0.2, 0.25) is 0 Å². The molecule has 0 spiro atoms. The first-order valence-electron chi connectivity index (χ1n) is 6.86. The van der Waals surface area contributed by atoms with E-state index in [1.54, 1.807) is 6.20 Å². The Morgan fingerprint density at radius 2 is 2.05 bits per heavy atom. The molecule has 1 rings (SSSR count). The molecule has 1 aromatic rings. The number of allylic oxidation sites excluding steroid dienone is 3. The maximum absolute atomic E-state index is 5.66. The number of ether oxygens (including phenoxy) is 1. The SMILES string of the molecule is C/C=C\C(=C/C)Oc1ccc(CCNC)nc1.CC. The van der Waals surface area contributed by atoms with Crippen LogP contribution in [-0.4, -0.2) is 18.6 Å². The molecule has 0 radical (unpaired) electrons. The molecule has 0 aliphatic rings. The third-order valence-electron chi connectivity index (χ3n) is 2.28. The Morgan fingerprint density at radius 3 is 2.53 bits per heavy atom. The summed E-state index contributed by atoms with van der Waals surface area (Å²) in [4.78, 5) is 4.35. The Bertz CT molecular complexity index is 380. The van der Waals surface area contributed by atoms with E-state index in [4.69, 9.17) is 4.74 Å². The van der Waals surface area contributed by atoms with Crippen LogP contribution in [0.15, 0.2) is 42.3 Å². The third-order valence-corrected chi connectivity index (χ3v) is 2.28. The summed E-state index contributed by atoms with van der Waals surface area (Å²) in [6.07, 6.45) is 8.49. The molecule has 0 amide bonds. The Kier molecular flexibility index (Phi) is 10.5. The molecule has 0 aromatic carbocycles. The van der Waals surface area contributed by atoms with Crippen molar-refractivity contribution in [2.24, 2.45) is 0 Å². The second-order valence-corrected chi connectivity index (χ2v) is 3.63. The number of hydrogen-bond acceptors (Lipinski definition) is 3. The molecule has 0 fully saturated rings. The van der Waals surface area contributed by atoms with Crippen molar-refractivity contribution in [3.05, 3.63) is 48.0 Å². The van der Waals surface area contributed by atoms with Gasteiger partial charge in [-0.2, -0.15) is 0 Å². The molecule has 0 bridgehead atoms. The van der Waals surface area contributed by atoms with Gasteiger partial charge in [-0.25, -0.2) is 0 Å². The summed E-state index contributed by atoms with van der Waals surface area (Å²) in [5.74, 6) is 1.60. The number of nitrogens with one attached hydrogen (secondary N) is 1. The fourth-order valence-electron chi connectivity index (χ4n) is 1.36. The minimum absolute atomic E-state index is 0.768. The van der Waals surface area contributed by atoms with Gasteiger partial charge in [-0.15, -0.1) is 0 Å². The van der Waals surface area contributed by atoms with Crippen molar-refractivity contribution >= 4 is 0 Å². The van der Waals surface area contributed by atoms with Crippen molar-refractivity contribution in [2.75, 3.05) is 13.6 Å². The van der Waals surface area contributed by atoms with Crippen LogP contribution in [0.3, 0.4) is 0 Å². The molecule has 106 valence electrons. The first-order chi connectivity index (χ1) is 9.30. The van der Waals surface area contributed by atoms with Crippen LogP contribution in [0.1, 0.15) is 33.4 Å². The molecule has 0 unspecified atom stereocenters. The van der Waals surface area contributed by atoms with Crippen LogP contribution in [0.5, 0.6) is 5.75 Å². The van der Waals surface area contributed by atoms with Gasteiger partial charge in [-0.05, 0) is 45.2 Å². The molecular formula is C16H26N2O. The van der Waals surface area contributed by atoms with E-state index >= 15 is 0 Å². The van der Waals surface area contributed by atoms with Crippen LogP contribution >= 0.6 is 0 Å². The van der Waals surface area contributed by atoms with Crippen molar-refractivity contribution < 1.29 is 4.74 Å². The largest absolute Gasteiger partial charge is 0.456 e. The second kappa shape index (κ2) is 11.5. The molecule has 0 saturated carbocycles. The summed E-state index contributed by atoms with van der Waals surface area (Å²) in [6, 6.07) is 3.95. The zero-order valence-electron chi connectivity index (χ0n) is 12.7. The topological polar surface area (TPSA) is 34.1 Å². The molecular weight excluding hydrogens is 236 g/mol. The maximum atomic E-state index is 5.66. The predicted octanol–water partition coefficient (Wildman–Crippen LogP) is 3.73. The van der Waals surface area contributed by atoms with Crippen LogP contribution in [0.4, 0.5) is 0 Å². The van der Waals surface area contributed by atoms with Gasteiger partial charge in [0.15, 0.2) is 0 Å². The summed E-state index contributed by atoms with van der Waals surface area (Å²) in [5.41, 5.74) is 1.07. The van der Waals surface area contributed by atoms with Gasteiger partial charge >= 0.3 is 0 Å². The van der Waals surface area contributed by atoms with Crippen molar-refractivity contribution in [3.8, 4) is 5.75 Å². The standard InChI is InChI=1S/C14H20N2O.C2H6/c1-4-6-13(5-2)17-14-8-7-12(16-11-14)9-10-15-3;1-2/h4-8,11,15H,9-10H2,1-3H3;1-2H3/b6-4-,13-5+;. The first-order valence-corrected chi connectivity index (χ1v) is 6.86. The Morgan fingerprint density at radius 1 is 1.32 bits per heavy atom. The van der Waals surface area contributed by atoms with Gasteiger partial charge in [0.25, 0.3) is 0 Å². The smallest absolute Gasteiger partial charge is 0.145 e. The van der Waals surface area contributed by atoms with Crippen molar-refractivity contribution in [3.63, 3.8) is 0 Å². The second-order valence-electron chi connectivity index (χ2n) is 3.63. The van der Waals surface area contributed by atoms with E-state index < -0.39 is 0 Å². The summed E-state index contributed by atoms with van der Waals surface area (Å²) >= 11 is 0. The lowest BCUT2D eigenvalue weighted by atomic mass is 10.2. The van der Waals surface area contributed by atoms with E-state index in [1.165, 1.54) is 0 Å². The summed E-state index contributed by atoms with van der Waals surface area (Å²) in [6.45, 7) is 8.85. The van der Waals surface area contributed by atoms with E-state index in [9.17, 15) is 0 Å². The Labute approximate surface area is 117 Å². The average Bonchev–Trinajstić information content (AvgIpc) is 2.48. The fourth-order valence-corrected chi connectivity index (χ4v) is 1.36. The first kappa shape index (κ1) is 17.4. The maximum Gasteiger partial charge on any atom is 0.145 e. The highest BCUT2D eigenvalue weighted by atomic mass is 16.5. The van der Waals surface area contributed by atoms with Crippen LogP contribution in [0.25, 0.3) is 0 Å². The highest BCUT2D eigenvalue weighted by molar-refractivity contribution is 5.25. The summed E-state index contributed by atoms with van der Waals surface area (Å²) in [5, 5.41) is 3.10. The van der Waals surface area contributed by atoms with Crippen LogP contribution < -0.4 is 10.1 Å². The van der Waals surface area contributed by atoms with Crippen molar-refractivity contribution in [1.82, 2.24) is 10.3 Å². The lowest BCUT2D eigenvalue weighted by molar-refractivity contribution is 0.440. The van der Waals surface area contributed by atoms with Crippen molar-refractivity contribution in [2.45, 2.75) is 34.1 Å². The molecule has 0 aliphatic heterocycles. The van der Waals surface area contributed by atoms with Crippen LogP contribution in [0, 0.1) is 0 Å². The van der Waals surface area contributed by atoms with Gasteiger partial charge < -0.3 is 10.1 Å². The number of nitrogens with zero attached hydrogens (tertiary/aromatic N) is 1. The molecule has 19 heavy (non-hydrogen) atoms. The third kappa shape index (κ3) is 7.42. The zero-order chi connectivity index (χ0) is 14.5. The normalized spacial score (nSPS) is 11.1. The molecule has 3 nitrogen and oxygen atoms in total.